The van der Waals surface area contributed by atoms with Crippen LogP contribution in [0.2, 0.25) is 0 Å². The standard InChI is InChI=1S/C17H23N3O4/c1-24-14-8-4-7-13(14)20-16(22)18-10-9-17(23)11-5-2-3-6-12(11)19-15(17)21/h2-3,5-6,13-14,23H,4,7-10H2,1H3,(H,19,21)(H2,18,20,22)/t13-,14-,17?/m1/s1. The molecule has 1 aromatic rings. The second-order valence-electron chi connectivity index (χ2n) is 6.32. The van der Waals surface area contributed by atoms with Gasteiger partial charge in [0.05, 0.1) is 12.1 Å². The second kappa shape index (κ2) is 6.78. The average molecular weight is 333 g/mol. The lowest BCUT2D eigenvalue weighted by Crippen LogP contribution is -2.47. The molecule has 3 amide bonds. The summed E-state index contributed by atoms with van der Waals surface area (Å²) in [7, 11) is 1.65. The van der Waals surface area contributed by atoms with Gasteiger partial charge in [0.2, 0.25) is 0 Å². The third-order valence-corrected chi connectivity index (χ3v) is 4.84. The summed E-state index contributed by atoms with van der Waals surface area (Å²) in [5.74, 6) is -0.457. The van der Waals surface area contributed by atoms with Crippen molar-refractivity contribution in [3.05, 3.63) is 29.8 Å². The summed E-state index contributed by atoms with van der Waals surface area (Å²) < 4.78 is 5.34. The number of benzene rings is 1. The molecule has 0 saturated heterocycles. The molecule has 4 N–H and O–H groups in total. The molecule has 24 heavy (non-hydrogen) atoms. The van der Waals surface area contributed by atoms with Crippen molar-refractivity contribution in [3.8, 4) is 0 Å². The first kappa shape index (κ1) is 16.7. The fourth-order valence-corrected chi connectivity index (χ4v) is 3.50. The molecule has 1 aromatic carbocycles. The fraction of sp³-hybridized carbons (Fsp3) is 0.529. The van der Waals surface area contributed by atoms with Crippen molar-refractivity contribution in [2.45, 2.75) is 43.4 Å². The number of hydrogen-bond acceptors (Lipinski definition) is 4. The summed E-state index contributed by atoms with van der Waals surface area (Å²) in [6, 6.07) is 6.73. The van der Waals surface area contributed by atoms with Gasteiger partial charge in [-0.15, -0.1) is 0 Å². The van der Waals surface area contributed by atoms with Gasteiger partial charge in [0, 0.05) is 31.3 Å². The number of carbonyl (C=O) groups excluding carboxylic acids is 2. The highest BCUT2D eigenvalue weighted by molar-refractivity contribution is 6.04. The number of nitrogens with one attached hydrogen (secondary N) is 3. The summed E-state index contributed by atoms with van der Waals surface area (Å²) in [4.78, 5) is 24.1. The number of aliphatic hydroxyl groups is 1. The molecule has 0 aromatic heterocycles. The van der Waals surface area contributed by atoms with Crippen LogP contribution in [0, 0.1) is 0 Å². The average Bonchev–Trinajstić information content (AvgIpc) is 3.11. The lowest BCUT2D eigenvalue weighted by molar-refractivity contribution is -0.134. The van der Waals surface area contributed by atoms with Crippen LogP contribution in [0.1, 0.15) is 31.2 Å². The fourth-order valence-electron chi connectivity index (χ4n) is 3.50. The first-order valence-electron chi connectivity index (χ1n) is 8.25. The Morgan fingerprint density at radius 1 is 1.42 bits per heavy atom. The first-order valence-corrected chi connectivity index (χ1v) is 8.25. The number of urea groups is 1. The molecular formula is C17H23N3O4. The first-order chi connectivity index (χ1) is 11.5. The van der Waals surface area contributed by atoms with E-state index >= 15 is 0 Å². The predicted octanol–water partition coefficient (Wildman–Crippen LogP) is 1.08. The third-order valence-electron chi connectivity index (χ3n) is 4.84. The Bertz CT molecular complexity index is 636. The van der Waals surface area contributed by atoms with Crippen LogP contribution in [0.5, 0.6) is 0 Å². The van der Waals surface area contributed by atoms with Crippen LogP contribution in [0.15, 0.2) is 24.3 Å². The number of anilines is 1. The zero-order chi connectivity index (χ0) is 17.2. The van der Waals surface area contributed by atoms with Gasteiger partial charge in [-0.1, -0.05) is 18.2 Å². The molecule has 3 atom stereocenters. The van der Waals surface area contributed by atoms with Gasteiger partial charge in [0.15, 0.2) is 5.60 Å². The smallest absolute Gasteiger partial charge is 0.315 e. The molecule has 0 spiro atoms. The van der Waals surface area contributed by atoms with Crippen molar-refractivity contribution in [1.29, 1.82) is 0 Å². The zero-order valence-electron chi connectivity index (χ0n) is 13.7. The van der Waals surface area contributed by atoms with Crippen LogP contribution in [0.25, 0.3) is 0 Å². The van der Waals surface area contributed by atoms with Crippen LogP contribution < -0.4 is 16.0 Å². The molecule has 0 radical (unpaired) electrons. The second-order valence-corrected chi connectivity index (χ2v) is 6.32. The predicted molar refractivity (Wildman–Crippen MR) is 88.6 cm³/mol. The Kier molecular flexibility index (Phi) is 4.73. The quantitative estimate of drug-likeness (QED) is 0.648. The van der Waals surface area contributed by atoms with Crippen molar-refractivity contribution in [2.75, 3.05) is 19.0 Å². The van der Waals surface area contributed by atoms with Crippen molar-refractivity contribution >= 4 is 17.6 Å². The molecular weight excluding hydrogens is 310 g/mol. The van der Waals surface area contributed by atoms with E-state index in [4.69, 9.17) is 4.74 Å². The Morgan fingerprint density at radius 3 is 3.00 bits per heavy atom. The number of rotatable bonds is 5. The van der Waals surface area contributed by atoms with Gasteiger partial charge in [-0.25, -0.2) is 4.79 Å². The number of hydrogen-bond donors (Lipinski definition) is 4. The number of fused-ring (bicyclic) bond motifs is 1. The van der Waals surface area contributed by atoms with Gasteiger partial charge in [0.1, 0.15) is 0 Å². The van der Waals surface area contributed by atoms with Gasteiger partial charge in [-0.3, -0.25) is 4.79 Å². The molecule has 7 nitrogen and oxygen atoms in total. The van der Waals surface area contributed by atoms with E-state index in [0.29, 0.717) is 11.3 Å². The monoisotopic (exact) mass is 333 g/mol. The Morgan fingerprint density at radius 2 is 2.21 bits per heavy atom. The molecule has 1 saturated carbocycles. The minimum atomic E-state index is -1.60. The number of amides is 3. The number of para-hydroxylation sites is 1. The van der Waals surface area contributed by atoms with E-state index in [1.807, 2.05) is 0 Å². The Labute approximate surface area is 140 Å². The molecule has 3 rings (SSSR count). The topological polar surface area (TPSA) is 99.7 Å². The van der Waals surface area contributed by atoms with Crippen LogP contribution in [0.3, 0.4) is 0 Å². The molecule has 1 unspecified atom stereocenters. The summed E-state index contributed by atoms with van der Waals surface area (Å²) >= 11 is 0. The lowest BCUT2D eigenvalue weighted by Gasteiger charge is -2.22. The Balaban J connectivity index is 1.53. The maximum absolute atomic E-state index is 12.1. The Hall–Kier alpha value is -2.12. The molecule has 130 valence electrons. The summed E-state index contributed by atoms with van der Waals surface area (Å²) in [6.45, 7) is 0.189. The molecule has 1 aliphatic heterocycles. The maximum atomic E-state index is 12.1. The maximum Gasteiger partial charge on any atom is 0.315 e. The molecule has 1 aliphatic carbocycles. The van der Waals surface area contributed by atoms with Gasteiger partial charge < -0.3 is 25.8 Å². The van der Waals surface area contributed by atoms with E-state index in [1.165, 1.54) is 0 Å². The van der Waals surface area contributed by atoms with Gasteiger partial charge in [0.25, 0.3) is 5.91 Å². The number of carbonyl (C=O) groups is 2. The molecule has 2 aliphatic rings. The zero-order valence-corrected chi connectivity index (χ0v) is 13.7. The van der Waals surface area contributed by atoms with Crippen molar-refractivity contribution in [3.63, 3.8) is 0 Å². The van der Waals surface area contributed by atoms with Crippen LogP contribution in [-0.4, -0.2) is 42.8 Å². The van der Waals surface area contributed by atoms with E-state index in [2.05, 4.69) is 16.0 Å². The van der Waals surface area contributed by atoms with Crippen molar-refractivity contribution in [1.82, 2.24) is 10.6 Å². The number of ether oxygens (including phenoxy) is 1. The van der Waals surface area contributed by atoms with Crippen molar-refractivity contribution in [2.24, 2.45) is 0 Å². The molecule has 7 heteroatoms. The third kappa shape index (κ3) is 3.09. The largest absolute Gasteiger partial charge is 0.379 e. The molecule has 1 fully saturated rings. The SMILES string of the molecule is CO[C@@H]1CCC[C@H]1NC(=O)NCCC1(O)C(=O)Nc2ccccc21. The van der Waals surface area contributed by atoms with Gasteiger partial charge in [-0.2, -0.15) is 0 Å². The molecule has 1 heterocycles. The highest BCUT2D eigenvalue weighted by Gasteiger charge is 2.44. The minimum absolute atomic E-state index is 0.00796. The van der Waals surface area contributed by atoms with Crippen LogP contribution >= 0.6 is 0 Å². The molecule has 0 bridgehead atoms. The number of methoxy groups -OCH3 is 1. The van der Waals surface area contributed by atoms with E-state index < -0.39 is 11.5 Å². The van der Waals surface area contributed by atoms with E-state index in [1.54, 1.807) is 31.4 Å². The highest BCUT2D eigenvalue weighted by Crippen LogP contribution is 2.37. The van der Waals surface area contributed by atoms with Crippen molar-refractivity contribution < 1.29 is 19.4 Å². The van der Waals surface area contributed by atoms with Gasteiger partial charge >= 0.3 is 6.03 Å². The minimum Gasteiger partial charge on any atom is -0.379 e. The van der Waals surface area contributed by atoms with E-state index in [0.717, 1.165) is 19.3 Å². The van der Waals surface area contributed by atoms with E-state index in [9.17, 15) is 14.7 Å². The summed E-state index contributed by atoms with van der Waals surface area (Å²) in [6.07, 6.45) is 3.03. The van der Waals surface area contributed by atoms with Crippen LogP contribution in [-0.2, 0) is 15.1 Å². The van der Waals surface area contributed by atoms with Gasteiger partial charge in [-0.05, 0) is 25.3 Å². The summed E-state index contributed by atoms with van der Waals surface area (Å²) in [5.41, 5.74) is -0.442. The summed E-state index contributed by atoms with van der Waals surface area (Å²) in [5, 5.41) is 19.0. The van der Waals surface area contributed by atoms with Crippen LogP contribution in [0.4, 0.5) is 10.5 Å². The highest BCUT2D eigenvalue weighted by atomic mass is 16.5. The lowest BCUT2D eigenvalue weighted by atomic mass is 9.92. The normalized spacial score (nSPS) is 28.3. The van der Waals surface area contributed by atoms with E-state index in [-0.39, 0.29) is 31.1 Å².